The first-order chi connectivity index (χ1) is 18.8. The van der Waals surface area contributed by atoms with E-state index in [9.17, 15) is 4.79 Å². The van der Waals surface area contributed by atoms with Crippen LogP contribution in [0.3, 0.4) is 0 Å². The molecule has 0 saturated carbocycles. The summed E-state index contributed by atoms with van der Waals surface area (Å²) in [6.07, 6.45) is -1.17. The molecular formula is C23H30BN5O8PS+. The minimum Gasteiger partial charge on any atom is -0.497 e. The normalized spacial score (nSPS) is 26.0. The minimum atomic E-state index is -3.30. The van der Waals surface area contributed by atoms with E-state index in [1.807, 2.05) is 38.1 Å². The van der Waals surface area contributed by atoms with Crippen LogP contribution < -0.4 is 10.5 Å². The van der Waals surface area contributed by atoms with Crippen molar-refractivity contribution in [1.29, 1.82) is 0 Å². The van der Waals surface area contributed by atoms with E-state index in [1.165, 1.54) is 32.1 Å². The van der Waals surface area contributed by atoms with Gasteiger partial charge in [0.15, 0.2) is 34.5 Å². The van der Waals surface area contributed by atoms with Crippen LogP contribution in [-0.2, 0) is 32.6 Å². The largest absolute Gasteiger partial charge is 0.497 e. The lowest BCUT2D eigenvalue weighted by molar-refractivity contribution is -0.149. The van der Waals surface area contributed by atoms with Crippen LogP contribution in [0, 0.1) is 0 Å². The number of nitrogen functional groups attached to an aromatic ring is 1. The van der Waals surface area contributed by atoms with Gasteiger partial charge in [-0.15, -0.1) is 0 Å². The average molecular weight is 578 g/mol. The van der Waals surface area contributed by atoms with E-state index in [4.69, 9.17) is 50.8 Å². The molecule has 3 aromatic rings. The second-order valence-electron chi connectivity index (χ2n) is 8.03. The summed E-state index contributed by atoms with van der Waals surface area (Å²) in [6, 6.07) is 7.53. The van der Waals surface area contributed by atoms with Gasteiger partial charge in [0.05, 0.1) is 7.11 Å². The van der Waals surface area contributed by atoms with Crippen molar-refractivity contribution in [3.63, 3.8) is 0 Å². The van der Waals surface area contributed by atoms with Crippen molar-refractivity contribution < 1.29 is 37.3 Å². The Morgan fingerprint density at radius 2 is 2.00 bits per heavy atom. The fraction of sp³-hybridized carbons (Fsp3) is 0.478. The van der Waals surface area contributed by atoms with Gasteiger partial charge in [-0.1, -0.05) is 25.6 Å². The molecule has 5 rings (SSSR count). The summed E-state index contributed by atoms with van der Waals surface area (Å²) in [4.78, 5) is 25.2. The van der Waals surface area contributed by atoms with Crippen LogP contribution in [0.2, 0.25) is 0 Å². The summed E-state index contributed by atoms with van der Waals surface area (Å²) < 4.78 is 41.2. The van der Waals surface area contributed by atoms with Crippen LogP contribution in [0.5, 0.6) is 5.75 Å². The van der Waals surface area contributed by atoms with Crippen molar-refractivity contribution in [2.75, 3.05) is 33.4 Å². The highest BCUT2D eigenvalue weighted by Gasteiger charge is 2.59. The van der Waals surface area contributed by atoms with E-state index < -0.39 is 45.1 Å². The maximum atomic E-state index is 11.1. The van der Waals surface area contributed by atoms with Gasteiger partial charge in [-0.25, -0.2) is 15.0 Å². The SMILES string of the molecule is CC.[B][P+]1(OCOC(C)=O)OC[C@H]2O[C@@H](n3c(Sc4ccc(OC)cc4)nc4c(N)ncnc43)C(OC)[C@@H]2O1. The molecule has 208 valence electrons. The molecule has 0 aliphatic carbocycles. The third-order valence-corrected chi connectivity index (χ3v) is 8.23. The van der Waals surface area contributed by atoms with Gasteiger partial charge in [0, 0.05) is 18.9 Å². The van der Waals surface area contributed by atoms with E-state index >= 15 is 0 Å². The minimum absolute atomic E-state index is 0.0794. The number of imidazole rings is 1. The summed E-state index contributed by atoms with van der Waals surface area (Å²) in [5.41, 5.74) is 7.01. The summed E-state index contributed by atoms with van der Waals surface area (Å²) in [6.45, 7) is 4.94. The molecule has 2 aliphatic heterocycles. The summed E-state index contributed by atoms with van der Waals surface area (Å²) in [7, 11) is 6.07. The number of anilines is 1. The summed E-state index contributed by atoms with van der Waals surface area (Å²) >= 11 is 1.39. The van der Waals surface area contributed by atoms with Crippen molar-refractivity contribution in [3.05, 3.63) is 30.6 Å². The number of fused-ring (bicyclic) bond motifs is 2. The lowest BCUT2D eigenvalue weighted by Gasteiger charge is -2.31. The predicted octanol–water partition coefficient (Wildman–Crippen LogP) is 3.31. The number of esters is 1. The first-order valence-electron chi connectivity index (χ1n) is 12.1. The number of ether oxygens (including phenoxy) is 4. The third-order valence-electron chi connectivity index (χ3n) is 5.74. The van der Waals surface area contributed by atoms with Crippen LogP contribution in [0.25, 0.3) is 11.2 Å². The summed E-state index contributed by atoms with van der Waals surface area (Å²) in [5, 5.41) is 0.555. The maximum absolute atomic E-state index is 11.1. The molecule has 2 aliphatic rings. The van der Waals surface area contributed by atoms with Crippen LogP contribution in [0.4, 0.5) is 5.82 Å². The molecule has 1 aromatic carbocycles. The van der Waals surface area contributed by atoms with Gasteiger partial charge in [0.1, 0.15) is 30.9 Å². The molecule has 13 nitrogen and oxygen atoms in total. The Morgan fingerprint density at radius 3 is 2.67 bits per heavy atom. The van der Waals surface area contributed by atoms with Gasteiger partial charge >= 0.3 is 21.4 Å². The molecule has 39 heavy (non-hydrogen) atoms. The Morgan fingerprint density at radius 1 is 1.26 bits per heavy atom. The number of aromatic nitrogens is 4. The number of hydrogen-bond donors (Lipinski definition) is 1. The molecule has 5 atom stereocenters. The Hall–Kier alpha value is -2.52. The molecule has 2 N–H and O–H groups in total. The number of methoxy groups -OCH3 is 2. The van der Waals surface area contributed by atoms with Crippen molar-refractivity contribution >= 4 is 50.1 Å². The van der Waals surface area contributed by atoms with Crippen LogP contribution in [0.1, 0.15) is 27.0 Å². The highest BCUT2D eigenvalue weighted by atomic mass is 32.2. The second kappa shape index (κ2) is 12.8. The van der Waals surface area contributed by atoms with E-state index in [0.29, 0.717) is 16.3 Å². The quantitative estimate of drug-likeness (QED) is 0.180. The van der Waals surface area contributed by atoms with Gasteiger partial charge in [-0.05, 0) is 24.3 Å². The average Bonchev–Trinajstić information content (AvgIpc) is 3.47. The second-order valence-corrected chi connectivity index (χ2v) is 10.9. The molecule has 0 amide bonds. The van der Waals surface area contributed by atoms with Crippen molar-refractivity contribution in [2.24, 2.45) is 0 Å². The Bertz CT molecular complexity index is 1290. The van der Waals surface area contributed by atoms with Crippen LogP contribution in [0.15, 0.2) is 40.6 Å². The smallest absolute Gasteiger partial charge is 0.488 e. The Kier molecular flexibility index (Phi) is 9.65. The molecule has 2 aromatic heterocycles. The number of nitrogens with two attached hydrogens (primary N) is 1. The van der Waals surface area contributed by atoms with E-state index in [-0.39, 0.29) is 12.4 Å². The van der Waals surface area contributed by atoms with Crippen LogP contribution >= 0.6 is 19.6 Å². The number of hydrogen-bond acceptors (Lipinski definition) is 13. The van der Waals surface area contributed by atoms with Gasteiger partial charge < -0.3 is 24.7 Å². The molecule has 0 spiro atoms. The molecule has 2 radical (unpaired) electrons. The highest BCUT2D eigenvalue weighted by molar-refractivity contribution is 7.99. The molecule has 2 unspecified atom stereocenters. The van der Waals surface area contributed by atoms with E-state index in [1.54, 1.807) is 11.7 Å². The zero-order chi connectivity index (χ0) is 28.2. The summed E-state index contributed by atoms with van der Waals surface area (Å²) in [5.74, 6) is 0.447. The topological polar surface area (TPSA) is 151 Å². The number of benzene rings is 1. The first kappa shape index (κ1) is 29.5. The van der Waals surface area contributed by atoms with Gasteiger partial charge in [-0.3, -0.25) is 9.36 Å². The fourth-order valence-electron chi connectivity index (χ4n) is 4.01. The zero-order valence-corrected chi connectivity index (χ0v) is 23.9. The standard InChI is InChI=1S/C21H24BN5O8PS.C2H6/c1-11(28)31-10-33-36(22)32-8-14-16(35-36)17(30-3)20(34-14)27-19-15(18(23)24-9-25-19)26-21(27)37-13-6-4-12(29-2)5-7-13;1-2/h4-7,9,14,16-17,20H,8,10H2,1-3H3,(H2,23,24,25);1-2H3/q+1;/t14-,16-,17?,20-,36?;/m1./s1. The molecule has 16 heteroatoms. The van der Waals surface area contributed by atoms with Gasteiger partial charge in [0.25, 0.3) is 0 Å². The fourth-order valence-corrected chi connectivity index (χ4v) is 6.27. The number of carbonyl (C=O) groups excluding carboxylic acids is 1. The number of nitrogens with zero attached hydrogens (tertiary/aromatic N) is 4. The number of carbonyl (C=O) groups is 1. The first-order valence-corrected chi connectivity index (χ1v) is 14.5. The van der Waals surface area contributed by atoms with E-state index in [2.05, 4.69) is 9.97 Å². The molecule has 2 fully saturated rings. The van der Waals surface area contributed by atoms with Crippen molar-refractivity contribution in [1.82, 2.24) is 19.5 Å². The van der Waals surface area contributed by atoms with Crippen LogP contribution in [-0.4, -0.2) is 79.0 Å². The Labute approximate surface area is 231 Å². The monoisotopic (exact) mass is 578 g/mol. The maximum Gasteiger partial charge on any atom is 0.488 e. The van der Waals surface area contributed by atoms with Gasteiger partial charge in [0.2, 0.25) is 6.79 Å². The third kappa shape index (κ3) is 6.30. The lowest BCUT2D eigenvalue weighted by atomic mass is 10.1. The van der Waals surface area contributed by atoms with Crippen molar-refractivity contribution in [3.8, 4) is 5.75 Å². The Balaban J connectivity index is 0.00000172. The molecule has 2 saturated heterocycles. The lowest BCUT2D eigenvalue weighted by Crippen LogP contribution is -2.42. The number of rotatable bonds is 8. The van der Waals surface area contributed by atoms with Crippen molar-refractivity contribution in [2.45, 2.75) is 55.4 Å². The van der Waals surface area contributed by atoms with Gasteiger partial charge in [-0.2, -0.15) is 13.6 Å². The van der Waals surface area contributed by atoms with E-state index in [0.717, 1.165) is 10.6 Å². The molecule has 0 bridgehead atoms. The molecule has 4 heterocycles. The zero-order valence-electron chi connectivity index (χ0n) is 22.2. The highest BCUT2D eigenvalue weighted by Crippen LogP contribution is 2.63. The molecular weight excluding hydrogens is 548 g/mol. The predicted molar refractivity (Wildman–Crippen MR) is 144 cm³/mol.